The van der Waals surface area contributed by atoms with Crippen molar-refractivity contribution in [3.63, 3.8) is 0 Å². The summed E-state index contributed by atoms with van der Waals surface area (Å²) in [7, 11) is 0. The number of benzene rings is 3. The third kappa shape index (κ3) is 4.44. The highest BCUT2D eigenvalue weighted by atomic mass is 35.5. The predicted octanol–water partition coefficient (Wildman–Crippen LogP) is 6.97. The Labute approximate surface area is 213 Å². The second-order valence-electron chi connectivity index (χ2n) is 9.27. The average molecular weight is 480 g/mol. The van der Waals surface area contributed by atoms with Crippen molar-refractivity contribution in [2.75, 3.05) is 11.4 Å². The van der Waals surface area contributed by atoms with Gasteiger partial charge in [0.1, 0.15) is 5.82 Å². The molecule has 0 aliphatic carbocycles. The summed E-state index contributed by atoms with van der Waals surface area (Å²) in [4.78, 5) is 7.46. The zero-order valence-corrected chi connectivity index (χ0v) is 20.8. The molecule has 5 aromatic rings. The third-order valence-corrected chi connectivity index (χ3v) is 7.18. The minimum atomic E-state index is 0. The van der Waals surface area contributed by atoms with Gasteiger partial charge in [-0.15, -0.1) is 12.4 Å². The van der Waals surface area contributed by atoms with Gasteiger partial charge in [-0.25, -0.2) is 4.98 Å². The van der Waals surface area contributed by atoms with Crippen LogP contribution in [0.2, 0.25) is 0 Å². The highest BCUT2D eigenvalue weighted by Crippen LogP contribution is 2.36. The van der Waals surface area contributed by atoms with Crippen LogP contribution < -0.4 is 4.90 Å². The van der Waals surface area contributed by atoms with E-state index in [2.05, 4.69) is 107 Å². The fourth-order valence-corrected chi connectivity index (χ4v) is 5.38. The van der Waals surface area contributed by atoms with Gasteiger partial charge in [0.05, 0.1) is 5.52 Å². The molecular formula is C31H30ClN3. The number of anilines is 1. The lowest BCUT2D eigenvalue weighted by Gasteiger charge is -2.30. The van der Waals surface area contributed by atoms with Crippen molar-refractivity contribution < 1.29 is 0 Å². The Morgan fingerprint density at radius 3 is 2.17 bits per heavy atom. The van der Waals surface area contributed by atoms with Crippen LogP contribution in [0.4, 0.5) is 5.82 Å². The minimum Gasteiger partial charge on any atom is -0.351 e. The Balaban J connectivity index is 0.00000253. The molecule has 176 valence electrons. The minimum absolute atomic E-state index is 0. The number of nitrogens with zero attached hydrogens (tertiary/aromatic N) is 3. The summed E-state index contributed by atoms with van der Waals surface area (Å²) < 4.78 is 2.48. The highest BCUT2D eigenvalue weighted by Gasteiger charge is 2.24. The maximum atomic E-state index is 4.98. The molecule has 35 heavy (non-hydrogen) atoms. The van der Waals surface area contributed by atoms with Crippen molar-refractivity contribution in [2.45, 2.75) is 32.9 Å². The van der Waals surface area contributed by atoms with Crippen LogP contribution in [0.3, 0.4) is 0 Å². The molecule has 0 bridgehead atoms. The van der Waals surface area contributed by atoms with Crippen LogP contribution in [0.15, 0.2) is 97.2 Å². The molecule has 1 aliphatic heterocycles. The van der Waals surface area contributed by atoms with Gasteiger partial charge in [0.2, 0.25) is 0 Å². The van der Waals surface area contributed by atoms with Gasteiger partial charge in [-0.05, 0) is 53.6 Å². The van der Waals surface area contributed by atoms with E-state index in [-0.39, 0.29) is 12.4 Å². The first-order chi connectivity index (χ1) is 16.8. The molecule has 6 rings (SSSR count). The van der Waals surface area contributed by atoms with Gasteiger partial charge < -0.3 is 9.47 Å². The van der Waals surface area contributed by atoms with Gasteiger partial charge >= 0.3 is 0 Å². The van der Waals surface area contributed by atoms with Crippen molar-refractivity contribution in [3.8, 4) is 0 Å². The lowest BCUT2D eigenvalue weighted by atomic mass is 9.98. The van der Waals surface area contributed by atoms with E-state index >= 15 is 0 Å². The molecule has 0 atom stereocenters. The number of hydrogen-bond acceptors (Lipinski definition) is 2. The smallest absolute Gasteiger partial charge is 0.138 e. The first-order valence-corrected chi connectivity index (χ1v) is 12.1. The van der Waals surface area contributed by atoms with Crippen LogP contribution in [0.5, 0.6) is 0 Å². The van der Waals surface area contributed by atoms with Crippen LogP contribution >= 0.6 is 12.4 Å². The third-order valence-electron chi connectivity index (χ3n) is 7.18. The van der Waals surface area contributed by atoms with E-state index in [4.69, 9.17) is 4.98 Å². The van der Waals surface area contributed by atoms with Gasteiger partial charge in [0.25, 0.3) is 0 Å². The molecule has 0 radical (unpaired) electrons. The van der Waals surface area contributed by atoms with Crippen LogP contribution in [-0.4, -0.2) is 16.1 Å². The SMILES string of the molecule is Cc1c(Cc2ccccc2)c2c(N3CCc4ccccc4C3)nccc2n1Cc1ccccc1.Cl. The first kappa shape index (κ1) is 23.2. The van der Waals surface area contributed by atoms with Crippen LogP contribution in [0.25, 0.3) is 10.9 Å². The van der Waals surface area contributed by atoms with Gasteiger partial charge in [0, 0.05) is 36.9 Å². The molecule has 3 nitrogen and oxygen atoms in total. The zero-order chi connectivity index (χ0) is 22.9. The summed E-state index contributed by atoms with van der Waals surface area (Å²) in [5.41, 5.74) is 9.53. The second-order valence-corrected chi connectivity index (χ2v) is 9.27. The molecule has 0 saturated carbocycles. The number of fused-ring (bicyclic) bond motifs is 2. The van der Waals surface area contributed by atoms with E-state index < -0.39 is 0 Å². The molecule has 3 aromatic carbocycles. The van der Waals surface area contributed by atoms with Crippen molar-refractivity contribution in [1.29, 1.82) is 0 Å². The lowest BCUT2D eigenvalue weighted by Crippen LogP contribution is -2.31. The van der Waals surface area contributed by atoms with Crippen molar-refractivity contribution in [1.82, 2.24) is 9.55 Å². The molecule has 4 heteroatoms. The molecule has 1 aliphatic rings. The summed E-state index contributed by atoms with van der Waals surface area (Å²) in [6.07, 6.45) is 3.96. The topological polar surface area (TPSA) is 21.1 Å². The Kier molecular flexibility index (Phi) is 6.61. The largest absolute Gasteiger partial charge is 0.351 e. The van der Waals surface area contributed by atoms with Crippen LogP contribution in [0, 0.1) is 6.92 Å². The summed E-state index contributed by atoms with van der Waals surface area (Å²) in [5, 5.41) is 1.30. The van der Waals surface area contributed by atoms with Crippen molar-refractivity contribution in [2.24, 2.45) is 0 Å². The Bertz CT molecular complexity index is 1440. The summed E-state index contributed by atoms with van der Waals surface area (Å²) >= 11 is 0. The Morgan fingerprint density at radius 2 is 1.43 bits per heavy atom. The molecule has 3 heterocycles. The van der Waals surface area contributed by atoms with Crippen molar-refractivity contribution >= 4 is 29.1 Å². The first-order valence-electron chi connectivity index (χ1n) is 12.1. The molecule has 0 saturated heterocycles. The molecule has 0 fully saturated rings. The van der Waals surface area contributed by atoms with E-state index in [9.17, 15) is 0 Å². The lowest BCUT2D eigenvalue weighted by molar-refractivity contribution is 0.724. The van der Waals surface area contributed by atoms with E-state index in [1.54, 1.807) is 0 Å². The number of hydrogen-bond donors (Lipinski definition) is 0. The van der Waals surface area contributed by atoms with Gasteiger partial charge in [-0.1, -0.05) is 84.9 Å². The maximum Gasteiger partial charge on any atom is 0.138 e. The molecule has 0 amide bonds. The molecule has 2 aromatic heterocycles. The quantitative estimate of drug-likeness (QED) is 0.271. The normalized spacial score (nSPS) is 12.9. The summed E-state index contributed by atoms with van der Waals surface area (Å²) in [6, 6.07) is 32.6. The molecular weight excluding hydrogens is 450 g/mol. The number of rotatable bonds is 5. The summed E-state index contributed by atoms with van der Waals surface area (Å²) in [5.74, 6) is 1.12. The van der Waals surface area contributed by atoms with E-state index in [1.165, 1.54) is 44.4 Å². The Hall–Kier alpha value is -3.56. The van der Waals surface area contributed by atoms with Gasteiger partial charge in [0.15, 0.2) is 0 Å². The number of pyridine rings is 1. The average Bonchev–Trinajstić information content (AvgIpc) is 3.15. The second kappa shape index (κ2) is 9.97. The van der Waals surface area contributed by atoms with Crippen molar-refractivity contribution in [3.05, 3.63) is 131 Å². The Morgan fingerprint density at radius 1 is 0.771 bits per heavy atom. The number of aromatic nitrogens is 2. The van der Waals surface area contributed by atoms with Crippen LogP contribution in [0.1, 0.15) is 33.5 Å². The monoisotopic (exact) mass is 479 g/mol. The fourth-order valence-electron chi connectivity index (χ4n) is 5.38. The molecule has 0 unspecified atom stereocenters. The van der Waals surface area contributed by atoms with E-state index in [1.807, 2.05) is 6.20 Å². The van der Waals surface area contributed by atoms with Crippen LogP contribution in [-0.2, 0) is 25.9 Å². The number of halogens is 1. The van der Waals surface area contributed by atoms with Gasteiger partial charge in [-0.2, -0.15) is 0 Å². The molecule has 0 spiro atoms. The summed E-state index contributed by atoms with van der Waals surface area (Å²) in [6.45, 7) is 5.05. The van der Waals surface area contributed by atoms with E-state index in [0.29, 0.717) is 0 Å². The zero-order valence-electron chi connectivity index (χ0n) is 20.0. The molecule has 0 N–H and O–H groups in total. The highest BCUT2D eigenvalue weighted by molar-refractivity contribution is 5.95. The van der Waals surface area contributed by atoms with Gasteiger partial charge in [-0.3, -0.25) is 0 Å². The standard InChI is InChI=1S/C31H29N3.ClH/c1-23-28(20-24-10-4-2-5-11-24)30-29(34(23)21-25-12-6-3-7-13-25)16-18-32-31(30)33-19-17-26-14-8-9-15-27(26)22-33;/h2-16,18H,17,19-22H2,1H3;1H. The predicted molar refractivity (Wildman–Crippen MR) is 148 cm³/mol. The maximum absolute atomic E-state index is 4.98. The van der Waals surface area contributed by atoms with E-state index in [0.717, 1.165) is 38.3 Å². The fraction of sp³-hybridized carbons (Fsp3) is 0.194.